The maximum atomic E-state index is 2.29. The van der Waals surface area contributed by atoms with Crippen LogP contribution in [0.5, 0.6) is 0 Å². The van der Waals surface area contributed by atoms with Crippen LogP contribution in [0.4, 0.5) is 0 Å². The molecule has 0 aliphatic heterocycles. The number of aryl methyl sites for hydroxylation is 2. The van der Waals surface area contributed by atoms with Crippen LogP contribution in [0.25, 0.3) is 0 Å². The summed E-state index contributed by atoms with van der Waals surface area (Å²) in [5, 5.41) is 0. The summed E-state index contributed by atoms with van der Waals surface area (Å²) >= 11 is 0. The van der Waals surface area contributed by atoms with Crippen LogP contribution >= 0.6 is 0 Å². The molecular weight excluding hydrogens is 336 g/mol. The molecule has 0 nitrogen and oxygen atoms in total. The van der Waals surface area contributed by atoms with Crippen LogP contribution in [0.15, 0.2) is 109 Å². The predicted octanol–water partition coefficient (Wildman–Crippen LogP) is 7.27. The molecule has 0 saturated heterocycles. The molecule has 0 aliphatic carbocycles. The number of rotatable bonds is 5. The molecule has 4 aromatic carbocycles. The van der Waals surface area contributed by atoms with Crippen molar-refractivity contribution in [1.82, 2.24) is 0 Å². The summed E-state index contributed by atoms with van der Waals surface area (Å²) in [5.74, 6) is 0.513. The van der Waals surface area contributed by atoms with Crippen LogP contribution < -0.4 is 0 Å². The zero-order valence-corrected chi connectivity index (χ0v) is 16.5. The lowest BCUT2D eigenvalue weighted by molar-refractivity contribution is 0.693. The molecular formula is C28H26. The first-order chi connectivity index (χ1) is 13.7. The molecule has 2 unspecified atom stereocenters. The number of hydrogen-bond donors (Lipinski definition) is 0. The molecule has 28 heavy (non-hydrogen) atoms. The van der Waals surface area contributed by atoms with Gasteiger partial charge in [0.1, 0.15) is 0 Å². The zero-order valence-electron chi connectivity index (χ0n) is 16.5. The molecule has 0 aromatic heterocycles. The molecule has 0 fully saturated rings. The summed E-state index contributed by atoms with van der Waals surface area (Å²) in [6.45, 7) is 4.30. The van der Waals surface area contributed by atoms with Crippen LogP contribution in [0.3, 0.4) is 0 Å². The highest BCUT2D eigenvalue weighted by atomic mass is 14.3. The smallest absolute Gasteiger partial charge is 0.0199 e. The zero-order chi connectivity index (χ0) is 19.3. The van der Waals surface area contributed by atoms with Crippen LogP contribution in [0.2, 0.25) is 0 Å². The molecule has 138 valence electrons. The second-order valence-electron chi connectivity index (χ2n) is 7.60. The maximum absolute atomic E-state index is 2.29. The van der Waals surface area contributed by atoms with E-state index in [1.807, 2.05) is 0 Å². The summed E-state index contributed by atoms with van der Waals surface area (Å²) in [7, 11) is 0. The maximum Gasteiger partial charge on any atom is 0.0199 e. The van der Waals surface area contributed by atoms with Crippen molar-refractivity contribution in [3.63, 3.8) is 0 Å². The summed E-state index contributed by atoms with van der Waals surface area (Å²) in [6, 6.07) is 39.9. The Hall–Kier alpha value is -3.12. The topological polar surface area (TPSA) is 0 Å². The lowest BCUT2D eigenvalue weighted by atomic mass is 9.73. The number of hydrogen-bond acceptors (Lipinski definition) is 0. The number of benzene rings is 4. The molecule has 0 spiro atoms. The van der Waals surface area contributed by atoms with E-state index in [0.29, 0.717) is 0 Å². The highest BCUT2D eigenvalue weighted by molar-refractivity contribution is 5.45. The van der Waals surface area contributed by atoms with E-state index in [4.69, 9.17) is 0 Å². The molecule has 4 rings (SSSR count). The van der Waals surface area contributed by atoms with E-state index < -0.39 is 0 Å². The molecule has 0 saturated carbocycles. The Bertz CT molecular complexity index is 910. The Labute approximate surface area is 168 Å². The van der Waals surface area contributed by atoms with E-state index in [2.05, 4.69) is 123 Å². The van der Waals surface area contributed by atoms with Crippen molar-refractivity contribution < 1.29 is 0 Å². The van der Waals surface area contributed by atoms with Crippen LogP contribution in [0, 0.1) is 13.8 Å². The van der Waals surface area contributed by atoms with Crippen molar-refractivity contribution in [2.75, 3.05) is 0 Å². The molecule has 4 aromatic rings. The van der Waals surface area contributed by atoms with Crippen molar-refractivity contribution >= 4 is 0 Å². The third-order valence-electron chi connectivity index (χ3n) is 5.52. The van der Waals surface area contributed by atoms with Gasteiger partial charge in [0.25, 0.3) is 0 Å². The largest absolute Gasteiger partial charge is 0.0622 e. The van der Waals surface area contributed by atoms with Crippen molar-refractivity contribution in [3.8, 4) is 0 Å². The van der Waals surface area contributed by atoms with Crippen LogP contribution in [-0.2, 0) is 0 Å². The fraction of sp³-hybridized carbons (Fsp3) is 0.143. The van der Waals surface area contributed by atoms with Gasteiger partial charge in [0.05, 0.1) is 0 Å². The molecule has 0 bridgehead atoms. The minimum atomic E-state index is 0.256. The first kappa shape index (κ1) is 18.3. The second kappa shape index (κ2) is 8.27. The monoisotopic (exact) mass is 362 g/mol. The van der Waals surface area contributed by atoms with E-state index in [-0.39, 0.29) is 11.8 Å². The third-order valence-corrected chi connectivity index (χ3v) is 5.52. The lowest BCUT2D eigenvalue weighted by Gasteiger charge is -2.29. The Kier molecular flexibility index (Phi) is 5.39. The molecule has 0 heteroatoms. The Morgan fingerprint density at radius 2 is 0.643 bits per heavy atom. The lowest BCUT2D eigenvalue weighted by Crippen LogP contribution is -2.14. The summed E-state index contributed by atoms with van der Waals surface area (Å²) in [6.07, 6.45) is 0. The second-order valence-corrected chi connectivity index (χ2v) is 7.60. The van der Waals surface area contributed by atoms with Crippen molar-refractivity contribution in [2.24, 2.45) is 0 Å². The minimum absolute atomic E-state index is 0.256. The van der Waals surface area contributed by atoms with Gasteiger partial charge in [0.15, 0.2) is 0 Å². The van der Waals surface area contributed by atoms with E-state index >= 15 is 0 Å². The average Bonchev–Trinajstić information content (AvgIpc) is 2.75. The van der Waals surface area contributed by atoms with Crippen LogP contribution in [0.1, 0.15) is 45.2 Å². The normalized spacial score (nSPS) is 13.1. The van der Waals surface area contributed by atoms with Crippen molar-refractivity contribution in [3.05, 3.63) is 143 Å². The van der Waals surface area contributed by atoms with Gasteiger partial charge in [-0.25, -0.2) is 0 Å². The van der Waals surface area contributed by atoms with Gasteiger partial charge >= 0.3 is 0 Å². The molecule has 0 amide bonds. The van der Waals surface area contributed by atoms with Crippen molar-refractivity contribution in [1.29, 1.82) is 0 Å². The Balaban J connectivity index is 1.93. The van der Waals surface area contributed by atoms with E-state index in [9.17, 15) is 0 Å². The van der Waals surface area contributed by atoms with Gasteiger partial charge in [0.2, 0.25) is 0 Å². The van der Waals surface area contributed by atoms with Gasteiger partial charge in [-0.15, -0.1) is 0 Å². The summed E-state index contributed by atoms with van der Waals surface area (Å²) < 4.78 is 0. The first-order valence-corrected chi connectivity index (χ1v) is 9.95. The van der Waals surface area contributed by atoms with E-state index in [1.165, 1.54) is 33.4 Å². The van der Waals surface area contributed by atoms with Gasteiger partial charge in [-0.05, 0) is 36.1 Å². The highest BCUT2D eigenvalue weighted by Crippen LogP contribution is 2.42. The van der Waals surface area contributed by atoms with Gasteiger partial charge in [-0.2, -0.15) is 0 Å². The van der Waals surface area contributed by atoms with Gasteiger partial charge < -0.3 is 0 Å². The van der Waals surface area contributed by atoms with Crippen LogP contribution in [-0.4, -0.2) is 0 Å². The molecule has 0 N–H and O–H groups in total. The fourth-order valence-electron chi connectivity index (χ4n) is 4.02. The highest BCUT2D eigenvalue weighted by Gasteiger charge is 2.27. The molecule has 2 atom stereocenters. The van der Waals surface area contributed by atoms with Crippen molar-refractivity contribution in [2.45, 2.75) is 25.7 Å². The van der Waals surface area contributed by atoms with E-state index in [1.54, 1.807) is 0 Å². The molecule has 0 heterocycles. The summed E-state index contributed by atoms with van der Waals surface area (Å²) in [5.41, 5.74) is 7.99. The first-order valence-electron chi connectivity index (χ1n) is 9.95. The fourth-order valence-corrected chi connectivity index (χ4v) is 4.02. The quantitative estimate of drug-likeness (QED) is 0.350. The Morgan fingerprint density at radius 3 is 0.964 bits per heavy atom. The molecule has 0 aliphatic rings. The predicted molar refractivity (Wildman–Crippen MR) is 119 cm³/mol. The standard InChI is InChI=1S/C28H26/c1-21-13-17-25(18-14-21)27(23-9-5-3-6-10-23)28(24-11-7-4-8-12-24)26-19-15-22(2)16-20-26/h3-20,27-28H,1-2H3. The van der Waals surface area contributed by atoms with Gasteiger partial charge in [-0.3, -0.25) is 0 Å². The average molecular weight is 363 g/mol. The third kappa shape index (κ3) is 3.92. The van der Waals surface area contributed by atoms with Gasteiger partial charge in [0, 0.05) is 11.8 Å². The summed E-state index contributed by atoms with van der Waals surface area (Å²) in [4.78, 5) is 0. The Morgan fingerprint density at radius 1 is 0.357 bits per heavy atom. The van der Waals surface area contributed by atoms with Gasteiger partial charge in [-0.1, -0.05) is 120 Å². The molecule has 0 radical (unpaired) electrons. The SMILES string of the molecule is Cc1ccc(C(c2ccccc2)C(c2ccccc2)c2ccc(C)cc2)cc1. The minimum Gasteiger partial charge on any atom is -0.0622 e. The van der Waals surface area contributed by atoms with E-state index in [0.717, 1.165) is 0 Å².